The first-order valence-corrected chi connectivity index (χ1v) is 3.56. The number of hydrogen-bond acceptors (Lipinski definition) is 2. The normalized spacial score (nSPS) is 10.3. The van der Waals surface area contributed by atoms with E-state index in [1.54, 1.807) is 38.4 Å². The van der Waals surface area contributed by atoms with Crippen LogP contribution in [-0.4, -0.2) is 25.1 Å². The van der Waals surface area contributed by atoms with Crippen LogP contribution in [0.1, 0.15) is 1.37 Å². The third-order valence-electron chi connectivity index (χ3n) is 1.24. The van der Waals surface area contributed by atoms with Gasteiger partial charge in [-0.15, -0.1) is 0 Å². The third kappa shape index (κ3) is 2.27. The van der Waals surface area contributed by atoms with E-state index in [1.165, 1.54) is 4.90 Å². The molecule has 1 aromatic rings. The fourth-order valence-electron chi connectivity index (χ4n) is 0.626. The average molecular weight is 166 g/mol. The molecule has 1 aromatic carbocycles. The number of carbonyl (C=O) groups excluding carboxylic acids is 1. The van der Waals surface area contributed by atoms with Crippen molar-refractivity contribution >= 4 is 6.09 Å². The Morgan fingerprint density at radius 2 is 2.25 bits per heavy atom. The van der Waals surface area contributed by atoms with E-state index in [-0.39, 0.29) is 11.8 Å². The van der Waals surface area contributed by atoms with E-state index < -0.39 is 6.09 Å². The standard InChI is InChI=1S/C9H11NO2/c1-10(2)9(11)12-8-6-4-3-5-7-8/h3-7H,1-2H3/i6D. The second-order valence-corrected chi connectivity index (χ2v) is 2.49. The van der Waals surface area contributed by atoms with Crippen LogP contribution in [0.2, 0.25) is 0 Å². The zero-order valence-electron chi connectivity index (χ0n) is 8.07. The molecule has 0 aliphatic carbocycles. The van der Waals surface area contributed by atoms with Crippen LogP contribution < -0.4 is 4.74 Å². The SMILES string of the molecule is [2H]c1ccccc1OC(=O)N(C)C. The summed E-state index contributed by atoms with van der Waals surface area (Å²) in [6.07, 6.45) is -0.473. The highest BCUT2D eigenvalue weighted by Gasteiger charge is 2.04. The van der Waals surface area contributed by atoms with E-state index in [4.69, 9.17) is 6.11 Å². The van der Waals surface area contributed by atoms with Gasteiger partial charge in [-0.1, -0.05) is 18.2 Å². The number of hydrogen-bond donors (Lipinski definition) is 0. The minimum Gasteiger partial charge on any atom is -0.410 e. The van der Waals surface area contributed by atoms with Crippen LogP contribution in [0.3, 0.4) is 0 Å². The minimum absolute atomic E-state index is 0.206. The topological polar surface area (TPSA) is 29.5 Å². The molecule has 0 aromatic heterocycles. The van der Waals surface area contributed by atoms with E-state index in [1.807, 2.05) is 0 Å². The zero-order chi connectivity index (χ0) is 9.84. The van der Waals surface area contributed by atoms with Crippen molar-refractivity contribution in [1.82, 2.24) is 4.90 Å². The molecule has 0 aliphatic heterocycles. The van der Waals surface area contributed by atoms with Gasteiger partial charge in [0, 0.05) is 14.1 Å². The molecule has 0 unspecified atom stereocenters. The number of nitrogens with zero attached hydrogens (tertiary/aromatic N) is 1. The van der Waals surface area contributed by atoms with E-state index in [0.717, 1.165) is 0 Å². The van der Waals surface area contributed by atoms with Crippen molar-refractivity contribution in [3.05, 3.63) is 30.3 Å². The van der Waals surface area contributed by atoms with Crippen molar-refractivity contribution in [2.45, 2.75) is 0 Å². The number of ether oxygens (including phenoxy) is 1. The summed E-state index contributed by atoms with van der Waals surface area (Å²) < 4.78 is 12.3. The lowest BCUT2D eigenvalue weighted by molar-refractivity contribution is 0.172. The maximum atomic E-state index is 11.1. The van der Waals surface area contributed by atoms with Gasteiger partial charge in [-0.3, -0.25) is 0 Å². The first kappa shape index (κ1) is 7.16. The largest absolute Gasteiger partial charge is 0.414 e. The van der Waals surface area contributed by atoms with Crippen molar-refractivity contribution in [3.63, 3.8) is 0 Å². The Bertz CT molecular complexity index is 312. The Morgan fingerprint density at radius 3 is 2.83 bits per heavy atom. The molecule has 0 fully saturated rings. The second kappa shape index (κ2) is 3.76. The number of para-hydroxylation sites is 1. The monoisotopic (exact) mass is 166 g/mol. The summed E-state index contributed by atoms with van der Waals surface area (Å²) in [5, 5.41) is 0. The highest BCUT2D eigenvalue weighted by molar-refractivity contribution is 5.69. The Labute approximate surface area is 73.0 Å². The summed E-state index contributed by atoms with van der Waals surface area (Å²) in [6, 6.07) is 6.80. The summed E-state index contributed by atoms with van der Waals surface area (Å²) in [6.45, 7) is 0. The molecule has 0 N–H and O–H groups in total. The molecule has 3 nitrogen and oxygen atoms in total. The molecule has 1 rings (SSSR count). The molecule has 0 saturated carbocycles. The van der Waals surface area contributed by atoms with E-state index >= 15 is 0 Å². The van der Waals surface area contributed by atoms with Crippen molar-refractivity contribution < 1.29 is 10.9 Å². The second-order valence-electron chi connectivity index (χ2n) is 2.49. The molecular formula is C9H11NO2. The van der Waals surface area contributed by atoms with E-state index in [0.29, 0.717) is 0 Å². The molecule has 3 heteroatoms. The van der Waals surface area contributed by atoms with Gasteiger partial charge in [0.2, 0.25) is 0 Å². The lowest BCUT2D eigenvalue weighted by atomic mass is 10.3. The van der Waals surface area contributed by atoms with E-state index in [9.17, 15) is 4.79 Å². The number of benzene rings is 1. The van der Waals surface area contributed by atoms with Crippen molar-refractivity contribution in [2.75, 3.05) is 14.1 Å². The fraction of sp³-hybridized carbons (Fsp3) is 0.222. The lowest BCUT2D eigenvalue weighted by Crippen LogP contribution is -2.25. The molecule has 64 valence electrons. The first-order valence-electron chi connectivity index (χ1n) is 4.06. The van der Waals surface area contributed by atoms with Crippen molar-refractivity contribution in [1.29, 1.82) is 0 Å². The van der Waals surface area contributed by atoms with Crippen molar-refractivity contribution in [2.24, 2.45) is 0 Å². The molecule has 0 bridgehead atoms. The van der Waals surface area contributed by atoms with Gasteiger partial charge in [0.05, 0.1) is 1.37 Å². The number of amides is 1. The smallest absolute Gasteiger partial charge is 0.410 e. The minimum atomic E-state index is -0.473. The van der Waals surface area contributed by atoms with Gasteiger partial charge in [-0.25, -0.2) is 4.79 Å². The van der Waals surface area contributed by atoms with Gasteiger partial charge in [0.1, 0.15) is 5.75 Å². The van der Waals surface area contributed by atoms with Gasteiger partial charge < -0.3 is 9.64 Å². The molecule has 1 amide bonds. The van der Waals surface area contributed by atoms with Gasteiger partial charge in [-0.2, -0.15) is 0 Å². The molecule has 0 atom stereocenters. The Hall–Kier alpha value is -1.51. The summed E-state index contributed by atoms with van der Waals surface area (Å²) >= 11 is 0. The van der Waals surface area contributed by atoms with Gasteiger partial charge in [-0.05, 0) is 12.1 Å². The summed E-state index contributed by atoms with van der Waals surface area (Å²) in [5.41, 5.74) is 0. The molecule has 0 spiro atoms. The maximum absolute atomic E-state index is 11.1. The van der Waals surface area contributed by atoms with Crippen LogP contribution in [0.5, 0.6) is 5.75 Å². The number of carbonyl (C=O) groups is 1. The summed E-state index contributed by atoms with van der Waals surface area (Å²) in [5.74, 6) is 0.279. The zero-order valence-corrected chi connectivity index (χ0v) is 7.07. The highest BCUT2D eigenvalue weighted by atomic mass is 16.6. The van der Waals surface area contributed by atoms with Crippen LogP contribution in [0.15, 0.2) is 30.3 Å². The van der Waals surface area contributed by atoms with Crippen LogP contribution in [0.4, 0.5) is 4.79 Å². The summed E-state index contributed by atoms with van der Waals surface area (Å²) in [4.78, 5) is 12.4. The lowest BCUT2D eigenvalue weighted by Gasteiger charge is -2.09. The quantitative estimate of drug-likeness (QED) is 0.636. The molecule has 0 aliphatic rings. The van der Waals surface area contributed by atoms with Gasteiger partial charge in [0.25, 0.3) is 0 Å². The van der Waals surface area contributed by atoms with Gasteiger partial charge in [0.15, 0.2) is 0 Å². The van der Waals surface area contributed by atoms with Crippen LogP contribution in [0, 0.1) is 0 Å². The summed E-state index contributed by atoms with van der Waals surface area (Å²) in [7, 11) is 3.18. The molecule has 12 heavy (non-hydrogen) atoms. The highest BCUT2D eigenvalue weighted by Crippen LogP contribution is 2.08. The average Bonchev–Trinajstić information content (AvgIpc) is 2.08. The van der Waals surface area contributed by atoms with Crippen LogP contribution in [-0.2, 0) is 0 Å². The molecule has 0 saturated heterocycles. The Kier molecular flexibility index (Phi) is 2.24. The maximum Gasteiger partial charge on any atom is 0.414 e. The van der Waals surface area contributed by atoms with E-state index in [2.05, 4.69) is 0 Å². The third-order valence-corrected chi connectivity index (χ3v) is 1.24. The fourth-order valence-corrected chi connectivity index (χ4v) is 0.626. The van der Waals surface area contributed by atoms with Crippen molar-refractivity contribution in [3.8, 4) is 5.75 Å². The van der Waals surface area contributed by atoms with Crippen LogP contribution in [0.25, 0.3) is 0 Å². The molecule has 0 radical (unpaired) electrons. The van der Waals surface area contributed by atoms with Gasteiger partial charge >= 0.3 is 6.09 Å². The number of rotatable bonds is 1. The first-order chi connectivity index (χ1) is 6.11. The predicted molar refractivity (Wildman–Crippen MR) is 46.2 cm³/mol. The Balaban J connectivity index is 2.75. The molecular weight excluding hydrogens is 154 g/mol. The predicted octanol–water partition coefficient (Wildman–Crippen LogP) is 1.75. The Morgan fingerprint density at radius 1 is 1.50 bits per heavy atom. The molecule has 0 heterocycles. The van der Waals surface area contributed by atoms with Crippen LogP contribution >= 0.6 is 0 Å².